The number of rotatable bonds is 12. The molecule has 5 aromatic rings. The van der Waals surface area contributed by atoms with E-state index in [1.165, 1.54) is 25.6 Å². The van der Waals surface area contributed by atoms with Crippen LogP contribution in [0.25, 0.3) is 33.8 Å². The highest BCUT2D eigenvalue weighted by atomic mass is 19.1. The lowest BCUT2D eigenvalue weighted by Gasteiger charge is -2.42. The van der Waals surface area contributed by atoms with Crippen molar-refractivity contribution in [1.29, 1.82) is 0 Å². The third kappa shape index (κ3) is 10.3. The molecule has 1 aliphatic carbocycles. The van der Waals surface area contributed by atoms with Gasteiger partial charge in [-0.3, -0.25) is 24.5 Å². The number of carbonyl (C=O) groups excluding carboxylic acids is 4. The number of ether oxygens (including phenoxy) is 1. The summed E-state index contributed by atoms with van der Waals surface area (Å²) in [5, 5.41) is 15.0. The standard InChI is InChI=1S/C24H32F2N4O4.C24H27N9O2/c1-34-14-22(32)30-10-6-17(7-11-30)29-8-4-15(5-9-29)23-18(25)12-16(13-19(23)26)27-20-2-3-21(31)28-24(20)33;1-13(2)33-24-18(22(25)28-11-29-24)19(30-33)20-17(21(35-31-20)15-3-4-15)23-26-9-16(10-27-23)14-5-7-32(12-34)8-6-14/h12-13,15,17,20,27H,2-11,14H2,1H3,(H,28,31,33);9-15H,3-8H2,1-2H3,(H2,25,28,29). The van der Waals surface area contributed by atoms with Gasteiger partial charge in [0.2, 0.25) is 24.1 Å². The summed E-state index contributed by atoms with van der Waals surface area (Å²) in [5.74, 6) is 0.0878. The Labute approximate surface area is 397 Å². The monoisotopic (exact) mass is 951 g/mol. The van der Waals surface area contributed by atoms with E-state index in [9.17, 15) is 28.0 Å². The number of likely N-dealkylation sites (tertiary alicyclic amines) is 3. The van der Waals surface area contributed by atoms with Crippen molar-refractivity contribution in [3.05, 3.63) is 59.4 Å². The van der Waals surface area contributed by atoms with Gasteiger partial charge in [-0.1, -0.05) is 5.16 Å². The fourth-order valence-electron chi connectivity index (χ4n) is 10.2. The van der Waals surface area contributed by atoms with E-state index in [2.05, 4.69) is 30.7 Å². The second-order valence-corrected chi connectivity index (χ2v) is 19.0. The predicted molar refractivity (Wildman–Crippen MR) is 249 cm³/mol. The Morgan fingerprint density at radius 1 is 0.899 bits per heavy atom. The van der Waals surface area contributed by atoms with Crippen LogP contribution in [0.1, 0.15) is 119 Å². The maximum Gasteiger partial charge on any atom is 0.249 e. The lowest BCUT2D eigenvalue weighted by atomic mass is 9.87. The van der Waals surface area contributed by atoms with E-state index in [0.717, 1.165) is 88.0 Å². The minimum absolute atomic E-state index is 0.0150. The molecule has 4 N–H and O–H groups in total. The van der Waals surface area contributed by atoms with Crippen LogP contribution < -0.4 is 16.4 Å². The van der Waals surface area contributed by atoms with Gasteiger partial charge in [-0.05, 0) is 114 Å². The lowest BCUT2D eigenvalue weighted by Crippen LogP contribution is -2.49. The topological polar surface area (TPSA) is 233 Å². The van der Waals surface area contributed by atoms with Crippen LogP contribution in [0.4, 0.5) is 20.3 Å². The number of nitrogens with zero attached hydrogens (tertiary/aromatic N) is 10. The van der Waals surface area contributed by atoms with Gasteiger partial charge < -0.3 is 35.0 Å². The van der Waals surface area contributed by atoms with Crippen molar-refractivity contribution in [3.63, 3.8) is 0 Å². The molecule has 5 aliphatic rings. The Bertz CT molecular complexity index is 2640. The third-order valence-electron chi connectivity index (χ3n) is 14.1. The van der Waals surface area contributed by atoms with Crippen molar-refractivity contribution < 1.29 is 37.2 Å². The molecule has 4 amide bonds. The highest BCUT2D eigenvalue weighted by Crippen LogP contribution is 2.48. The first-order chi connectivity index (χ1) is 33.4. The van der Waals surface area contributed by atoms with Gasteiger partial charge in [-0.2, -0.15) is 5.10 Å². The first kappa shape index (κ1) is 47.6. The molecular formula is C48H59F2N13O6. The summed E-state index contributed by atoms with van der Waals surface area (Å²) in [6.45, 7) is 8.63. The van der Waals surface area contributed by atoms with E-state index in [1.54, 1.807) is 0 Å². The average molecular weight is 952 g/mol. The van der Waals surface area contributed by atoms with Crippen molar-refractivity contribution >= 4 is 46.7 Å². The molecule has 0 radical (unpaired) electrons. The van der Waals surface area contributed by atoms with E-state index >= 15 is 0 Å². The summed E-state index contributed by atoms with van der Waals surface area (Å²) >= 11 is 0. The minimum atomic E-state index is -0.693. The molecule has 1 aromatic carbocycles. The normalized spacial score (nSPS) is 20.0. The molecule has 1 unspecified atom stereocenters. The number of methoxy groups -OCH3 is 1. The zero-order valence-electron chi connectivity index (χ0n) is 39.2. The van der Waals surface area contributed by atoms with E-state index in [4.69, 9.17) is 30.1 Å². The number of piperidine rings is 4. The molecule has 69 heavy (non-hydrogen) atoms. The van der Waals surface area contributed by atoms with Gasteiger partial charge >= 0.3 is 0 Å². The van der Waals surface area contributed by atoms with Gasteiger partial charge in [0, 0.05) is 81.4 Å². The molecule has 366 valence electrons. The van der Waals surface area contributed by atoms with Crippen LogP contribution in [0.15, 0.2) is 35.4 Å². The van der Waals surface area contributed by atoms with Crippen molar-refractivity contribution in [3.8, 4) is 22.8 Å². The first-order valence-corrected chi connectivity index (χ1v) is 24.0. The fourth-order valence-corrected chi connectivity index (χ4v) is 10.2. The summed E-state index contributed by atoms with van der Waals surface area (Å²) < 4.78 is 42.5. The van der Waals surface area contributed by atoms with Crippen LogP contribution in [0.5, 0.6) is 0 Å². The van der Waals surface area contributed by atoms with Crippen LogP contribution >= 0.6 is 0 Å². The molecule has 8 heterocycles. The Hall–Kier alpha value is -6.48. The molecule has 21 heteroatoms. The molecule has 1 atom stereocenters. The van der Waals surface area contributed by atoms with Crippen LogP contribution in [0.3, 0.4) is 0 Å². The number of fused-ring (bicyclic) bond motifs is 1. The summed E-state index contributed by atoms with van der Waals surface area (Å²) in [7, 11) is 1.52. The lowest BCUT2D eigenvalue weighted by molar-refractivity contribution is -0.137. The zero-order chi connectivity index (χ0) is 48.3. The van der Waals surface area contributed by atoms with Crippen molar-refractivity contribution in [1.82, 2.24) is 54.9 Å². The molecule has 10 rings (SSSR count). The number of nitrogens with one attached hydrogen (secondary N) is 2. The highest BCUT2D eigenvalue weighted by Gasteiger charge is 2.37. The van der Waals surface area contributed by atoms with Crippen LogP contribution in [-0.2, 0) is 23.9 Å². The Kier molecular flexibility index (Phi) is 14.2. The van der Waals surface area contributed by atoms with Gasteiger partial charge in [0.1, 0.15) is 47.8 Å². The highest BCUT2D eigenvalue weighted by molar-refractivity contribution is 6.02. The number of anilines is 2. The maximum absolute atomic E-state index is 14.9. The predicted octanol–water partition coefficient (Wildman–Crippen LogP) is 5.31. The number of nitrogens with two attached hydrogens (primary N) is 1. The zero-order valence-corrected chi connectivity index (χ0v) is 39.2. The van der Waals surface area contributed by atoms with Crippen molar-refractivity contribution in [2.45, 2.75) is 114 Å². The molecule has 4 aromatic heterocycles. The van der Waals surface area contributed by atoms with Gasteiger partial charge in [-0.15, -0.1) is 0 Å². The smallest absolute Gasteiger partial charge is 0.249 e. The first-order valence-electron chi connectivity index (χ1n) is 24.0. The van der Waals surface area contributed by atoms with E-state index in [1.807, 2.05) is 40.7 Å². The van der Waals surface area contributed by atoms with Crippen LogP contribution in [0.2, 0.25) is 0 Å². The number of benzene rings is 1. The second-order valence-electron chi connectivity index (χ2n) is 19.0. The minimum Gasteiger partial charge on any atom is -0.383 e. The van der Waals surface area contributed by atoms with Gasteiger partial charge in [0.15, 0.2) is 17.2 Å². The molecule has 5 fully saturated rings. The molecule has 0 bridgehead atoms. The number of carbonyl (C=O) groups is 4. The number of aromatic nitrogens is 7. The summed E-state index contributed by atoms with van der Waals surface area (Å²) in [6, 6.07) is 2.23. The van der Waals surface area contributed by atoms with Gasteiger partial charge in [-0.25, -0.2) is 33.4 Å². The Morgan fingerprint density at radius 3 is 2.20 bits per heavy atom. The molecule has 1 saturated carbocycles. The quantitative estimate of drug-likeness (QED) is 0.106. The van der Waals surface area contributed by atoms with Crippen molar-refractivity contribution in [2.24, 2.45) is 0 Å². The third-order valence-corrected chi connectivity index (χ3v) is 14.1. The molecule has 4 saturated heterocycles. The van der Waals surface area contributed by atoms with E-state index in [0.29, 0.717) is 77.9 Å². The average Bonchev–Trinajstić information content (AvgIpc) is 3.98. The Morgan fingerprint density at radius 2 is 1.58 bits per heavy atom. The number of hydrogen-bond acceptors (Lipinski definition) is 15. The largest absolute Gasteiger partial charge is 0.383 e. The summed E-state index contributed by atoms with van der Waals surface area (Å²) in [4.78, 5) is 70.4. The maximum atomic E-state index is 14.9. The van der Waals surface area contributed by atoms with Gasteiger partial charge in [0.05, 0.1) is 10.9 Å². The van der Waals surface area contributed by atoms with E-state index in [-0.39, 0.29) is 54.5 Å². The summed E-state index contributed by atoms with van der Waals surface area (Å²) in [6.07, 6.45) is 13.6. The number of halogens is 2. The molecule has 4 aliphatic heterocycles. The van der Waals surface area contributed by atoms with Crippen LogP contribution in [0, 0.1) is 11.6 Å². The van der Waals surface area contributed by atoms with Crippen LogP contribution in [-0.4, -0.2) is 139 Å². The second kappa shape index (κ2) is 20.6. The molecule has 0 spiro atoms. The number of amides is 4. The molecule has 19 nitrogen and oxygen atoms in total. The van der Waals surface area contributed by atoms with Gasteiger partial charge in [0.25, 0.3) is 0 Å². The Balaban J connectivity index is 0.000000172. The fraction of sp³-hybridized carbons (Fsp3) is 0.542. The molecular weight excluding hydrogens is 893 g/mol. The number of nitrogen functional groups attached to an aromatic ring is 1. The van der Waals surface area contributed by atoms with Crippen molar-refractivity contribution in [2.75, 3.05) is 64.0 Å². The SMILES string of the molecule is CC(C)n1nc(-c2noc(C3CC3)c2-c2ncc(C3CCN(C=O)CC3)cn2)c2c(N)ncnc21.COCC(=O)N1CCC(N2CCC(c3c(F)cc(NC4CCC(=O)NC4=O)cc3F)CC2)CC1. The summed E-state index contributed by atoms with van der Waals surface area (Å²) in [5.41, 5.74) is 10.2. The number of hydrogen-bond donors (Lipinski definition) is 3. The number of imide groups is 1. The van der Waals surface area contributed by atoms with E-state index < -0.39 is 23.6 Å².